The van der Waals surface area contributed by atoms with Crippen LogP contribution in [0.1, 0.15) is 49.4 Å². The van der Waals surface area contributed by atoms with E-state index < -0.39 is 39.8 Å². The van der Waals surface area contributed by atoms with Crippen molar-refractivity contribution in [3.8, 4) is 22.8 Å². The van der Waals surface area contributed by atoms with Gasteiger partial charge in [-0.05, 0) is 44.5 Å². The lowest BCUT2D eigenvalue weighted by Gasteiger charge is -2.21. The van der Waals surface area contributed by atoms with Crippen LogP contribution >= 0.6 is 15.9 Å². The Morgan fingerprint density at radius 3 is 2.48 bits per heavy atom. The highest BCUT2D eigenvalue weighted by atomic mass is 79.9. The zero-order valence-electron chi connectivity index (χ0n) is 24.7. The maximum absolute atomic E-state index is 15.6. The number of imidazole rings is 1. The second-order valence-corrected chi connectivity index (χ2v) is 14.2. The van der Waals surface area contributed by atoms with Gasteiger partial charge in [0.2, 0.25) is 5.88 Å². The van der Waals surface area contributed by atoms with Gasteiger partial charge in [0, 0.05) is 57.8 Å². The van der Waals surface area contributed by atoms with Crippen LogP contribution in [0.3, 0.4) is 0 Å². The van der Waals surface area contributed by atoms with Crippen LogP contribution in [0.15, 0.2) is 70.4 Å². The number of benzene rings is 2. The van der Waals surface area contributed by atoms with Crippen molar-refractivity contribution in [1.29, 1.82) is 0 Å². The predicted molar refractivity (Wildman–Crippen MR) is 165 cm³/mol. The first-order chi connectivity index (χ1) is 21.8. The highest BCUT2D eigenvalue weighted by Crippen LogP contribution is 2.48. The summed E-state index contributed by atoms with van der Waals surface area (Å²) in [4.78, 5) is 17.0. The van der Waals surface area contributed by atoms with Crippen LogP contribution in [0.5, 0.6) is 11.6 Å². The summed E-state index contributed by atoms with van der Waals surface area (Å²) in [5.74, 6) is -1.07. The minimum Gasteiger partial charge on any atom is -0.481 e. The number of halogens is 4. The first-order valence-corrected chi connectivity index (χ1v) is 16.4. The number of alkyl halides is 2. The third-order valence-electron chi connectivity index (χ3n) is 7.76. The number of pyridine rings is 1. The van der Waals surface area contributed by atoms with Gasteiger partial charge in [0.1, 0.15) is 23.0 Å². The van der Waals surface area contributed by atoms with Crippen LogP contribution < -0.4 is 9.47 Å². The van der Waals surface area contributed by atoms with Gasteiger partial charge in [0.25, 0.3) is 0 Å². The fourth-order valence-corrected chi connectivity index (χ4v) is 7.80. The number of hydrogen-bond acceptors (Lipinski definition) is 9. The van der Waals surface area contributed by atoms with E-state index in [0.29, 0.717) is 26.9 Å². The Kier molecular flexibility index (Phi) is 8.27. The summed E-state index contributed by atoms with van der Waals surface area (Å²) in [5, 5.41) is 10.2. The summed E-state index contributed by atoms with van der Waals surface area (Å²) in [5.41, 5.74) is 0.190. The molecule has 1 aliphatic rings. The monoisotopic (exact) mass is 717 g/mol. The Morgan fingerprint density at radius 1 is 1.11 bits per heavy atom. The second kappa shape index (κ2) is 11.9. The number of fused-ring (bicyclic) bond motifs is 3. The van der Waals surface area contributed by atoms with E-state index in [-0.39, 0.29) is 45.6 Å². The van der Waals surface area contributed by atoms with Gasteiger partial charge in [-0.3, -0.25) is 0 Å². The van der Waals surface area contributed by atoms with Crippen molar-refractivity contribution in [2.75, 3.05) is 12.9 Å². The lowest BCUT2D eigenvalue weighted by atomic mass is 9.98. The number of sulfone groups is 1. The summed E-state index contributed by atoms with van der Waals surface area (Å²) in [7, 11) is -2.50. The van der Waals surface area contributed by atoms with E-state index in [4.69, 9.17) is 9.47 Å². The molecular weight excluding hydrogens is 691 g/mol. The Labute approximate surface area is 270 Å². The van der Waals surface area contributed by atoms with E-state index in [0.717, 1.165) is 0 Å². The highest BCUT2D eigenvalue weighted by Gasteiger charge is 2.40. The van der Waals surface area contributed by atoms with Crippen LogP contribution in [0.25, 0.3) is 22.2 Å². The van der Waals surface area contributed by atoms with E-state index in [2.05, 4.69) is 35.9 Å². The summed E-state index contributed by atoms with van der Waals surface area (Å²) < 4.78 is 81.9. The van der Waals surface area contributed by atoms with Gasteiger partial charge in [-0.15, -0.1) is 0 Å². The highest BCUT2D eigenvalue weighted by molar-refractivity contribution is 9.10. The SMILES string of the molecule is COc1ccc(S(=O)(=O)C[C@@H]2C[C@H](c3c(Br)cccc3OC(F)F)n3c2nc2cc(F)c(-c4cnc(C(C)(C)O)nc4)cc23)cn1. The van der Waals surface area contributed by atoms with E-state index in [1.165, 1.54) is 63.8 Å². The van der Waals surface area contributed by atoms with Gasteiger partial charge < -0.3 is 19.1 Å². The first-order valence-electron chi connectivity index (χ1n) is 14.0. The number of aliphatic hydroxyl groups is 1. The molecule has 2 atom stereocenters. The van der Waals surface area contributed by atoms with Crippen LogP contribution in [0.2, 0.25) is 0 Å². The number of methoxy groups -OCH3 is 1. The Bertz CT molecular complexity index is 2040. The van der Waals surface area contributed by atoms with Gasteiger partial charge in [0.05, 0.1) is 34.8 Å². The predicted octanol–water partition coefficient (Wildman–Crippen LogP) is 6.18. The van der Waals surface area contributed by atoms with Crippen molar-refractivity contribution in [1.82, 2.24) is 24.5 Å². The van der Waals surface area contributed by atoms with Gasteiger partial charge in [-0.1, -0.05) is 22.0 Å². The Balaban J connectivity index is 1.50. The number of hydrogen-bond donors (Lipinski definition) is 1. The molecule has 46 heavy (non-hydrogen) atoms. The molecule has 0 radical (unpaired) electrons. The number of rotatable bonds is 9. The van der Waals surface area contributed by atoms with Crippen molar-refractivity contribution in [3.63, 3.8) is 0 Å². The van der Waals surface area contributed by atoms with E-state index in [1.54, 1.807) is 22.8 Å². The topological polar surface area (TPSA) is 129 Å². The molecule has 6 rings (SSSR count). The maximum atomic E-state index is 15.6. The van der Waals surface area contributed by atoms with E-state index in [9.17, 15) is 22.3 Å². The lowest BCUT2D eigenvalue weighted by Crippen LogP contribution is -2.19. The quantitative estimate of drug-likeness (QED) is 0.190. The molecule has 240 valence electrons. The van der Waals surface area contributed by atoms with Gasteiger partial charge in [-0.25, -0.2) is 32.7 Å². The van der Waals surface area contributed by atoms with Gasteiger partial charge in [-0.2, -0.15) is 8.78 Å². The summed E-state index contributed by atoms with van der Waals surface area (Å²) in [6.45, 7) is -0.0560. The third kappa shape index (κ3) is 5.94. The van der Waals surface area contributed by atoms with E-state index in [1.807, 2.05) is 0 Å². The van der Waals surface area contributed by atoms with Crippen LogP contribution in [0, 0.1) is 5.82 Å². The molecule has 10 nitrogen and oxygen atoms in total. The van der Waals surface area contributed by atoms with Crippen LogP contribution in [0.4, 0.5) is 13.2 Å². The molecule has 0 spiro atoms. The maximum Gasteiger partial charge on any atom is 0.387 e. The van der Waals surface area contributed by atoms with Crippen molar-refractivity contribution in [3.05, 3.63) is 88.6 Å². The molecule has 0 unspecified atom stereocenters. The smallest absolute Gasteiger partial charge is 0.387 e. The number of ether oxygens (including phenoxy) is 2. The fourth-order valence-electron chi connectivity index (χ4n) is 5.70. The summed E-state index contributed by atoms with van der Waals surface area (Å²) >= 11 is 3.47. The normalized spacial score (nSPS) is 16.6. The molecule has 0 fully saturated rings. The van der Waals surface area contributed by atoms with Crippen LogP contribution in [-0.4, -0.2) is 57.5 Å². The lowest BCUT2D eigenvalue weighted by molar-refractivity contribution is -0.0507. The molecule has 15 heteroatoms. The Hall–Kier alpha value is -4.08. The molecule has 0 bridgehead atoms. The minimum atomic E-state index is -3.91. The molecule has 0 saturated heterocycles. The van der Waals surface area contributed by atoms with Crippen LogP contribution in [-0.2, 0) is 15.4 Å². The largest absolute Gasteiger partial charge is 0.481 e. The standard InChI is InChI=1S/C31H27BrF3N5O5S/c1-31(2,41)29-37-12-17(13-38-29)19-10-23-22(11-21(19)33)39-28-16(15-46(42,43)18-7-8-26(44-3)36-14-18)9-24(40(23)28)27-20(32)5-4-6-25(27)45-30(34)35/h4-8,10-14,16,24,30,41H,9,15H2,1-3H3/t16-,24+/m0/s1. The number of aromatic nitrogens is 5. The molecule has 2 aromatic carbocycles. The Morgan fingerprint density at radius 2 is 1.85 bits per heavy atom. The van der Waals surface area contributed by atoms with Crippen molar-refractivity contribution in [2.45, 2.75) is 49.3 Å². The molecule has 5 aromatic rings. The third-order valence-corrected chi connectivity index (χ3v) is 10.3. The van der Waals surface area contributed by atoms with Crippen molar-refractivity contribution < 1.29 is 36.2 Å². The van der Waals surface area contributed by atoms with Gasteiger partial charge in [0.15, 0.2) is 15.7 Å². The average Bonchev–Trinajstić information content (AvgIpc) is 3.52. The fraction of sp³-hybridized carbons (Fsp3) is 0.290. The minimum absolute atomic E-state index is 0.0233. The van der Waals surface area contributed by atoms with Crippen molar-refractivity contribution >= 4 is 36.8 Å². The summed E-state index contributed by atoms with van der Waals surface area (Å²) in [6, 6.07) is 9.53. The molecule has 1 aliphatic heterocycles. The summed E-state index contributed by atoms with van der Waals surface area (Å²) in [6.07, 6.45) is 4.16. The second-order valence-electron chi connectivity index (χ2n) is 11.3. The molecule has 0 saturated carbocycles. The van der Waals surface area contributed by atoms with Crippen molar-refractivity contribution in [2.24, 2.45) is 0 Å². The van der Waals surface area contributed by atoms with Gasteiger partial charge >= 0.3 is 6.61 Å². The molecule has 0 aliphatic carbocycles. The zero-order valence-corrected chi connectivity index (χ0v) is 27.1. The molecule has 1 N–H and O–H groups in total. The molecule has 4 heterocycles. The molecular formula is C31H27BrF3N5O5S. The molecule has 3 aromatic heterocycles. The molecule has 0 amide bonds. The average molecular weight is 719 g/mol. The number of nitrogens with zero attached hydrogens (tertiary/aromatic N) is 5. The first kappa shape index (κ1) is 31.9. The zero-order chi connectivity index (χ0) is 33.0. The van der Waals surface area contributed by atoms with E-state index >= 15 is 4.39 Å².